The Kier molecular flexibility index (Phi) is 9.37. The molecule has 2 saturated heterocycles. The van der Waals surface area contributed by atoms with E-state index in [9.17, 15) is 14.4 Å². The van der Waals surface area contributed by atoms with Crippen molar-refractivity contribution in [2.24, 2.45) is 17.8 Å². The van der Waals surface area contributed by atoms with Crippen LogP contribution >= 0.6 is 0 Å². The molecule has 1 saturated carbocycles. The van der Waals surface area contributed by atoms with Crippen LogP contribution in [-0.4, -0.2) is 92.9 Å². The largest absolute Gasteiger partial charge is 0.488 e. The Morgan fingerprint density at radius 3 is 2.57 bits per heavy atom. The molecule has 3 aliphatic heterocycles. The summed E-state index contributed by atoms with van der Waals surface area (Å²) in [5.41, 5.74) is 6.11. The van der Waals surface area contributed by atoms with Gasteiger partial charge in [-0.1, -0.05) is 32.0 Å². The molecule has 2 aromatic heterocycles. The third kappa shape index (κ3) is 6.80. The Morgan fingerprint density at radius 2 is 1.81 bits per heavy atom. The molecule has 304 valence electrons. The maximum absolute atomic E-state index is 13.9. The van der Waals surface area contributed by atoms with Gasteiger partial charge in [-0.15, -0.1) is 0 Å². The summed E-state index contributed by atoms with van der Waals surface area (Å²) in [4.78, 5) is 60.0. The Bertz CT molecular complexity index is 2430. The predicted molar refractivity (Wildman–Crippen MR) is 217 cm³/mol. The van der Waals surface area contributed by atoms with Gasteiger partial charge in [-0.25, -0.2) is 19.6 Å². The lowest BCUT2D eigenvalue weighted by Gasteiger charge is -2.31. The number of ether oxygens (including phenoxy) is 4. The molecule has 14 heteroatoms. The molecule has 0 radical (unpaired) electrons. The minimum atomic E-state index is -0.685. The number of H-pyrrole nitrogens is 2. The second-order valence-corrected chi connectivity index (χ2v) is 17.6. The first-order valence-corrected chi connectivity index (χ1v) is 20.2. The van der Waals surface area contributed by atoms with Crippen LogP contribution in [-0.2, 0) is 25.6 Å². The van der Waals surface area contributed by atoms with Gasteiger partial charge in [0.15, 0.2) is 0 Å². The van der Waals surface area contributed by atoms with Gasteiger partial charge in [0, 0.05) is 36.6 Å². The van der Waals surface area contributed by atoms with Gasteiger partial charge in [-0.3, -0.25) is 9.69 Å². The first-order chi connectivity index (χ1) is 27.8. The number of carbonyl (C=O) groups excluding carboxylic acids is 3. The maximum atomic E-state index is 13.9. The van der Waals surface area contributed by atoms with Crippen LogP contribution in [0.2, 0.25) is 0 Å². The lowest BCUT2D eigenvalue weighted by Crippen LogP contribution is -2.52. The molecule has 3 aromatic carbocycles. The highest BCUT2D eigenvalue weighted by molar-refractivity contribution is 6.07. The molecule has 0 spiro atoms. The SMILES string of the molecule is COC[C@H]1C[C@@H](c2nc3c(ccc4cc5c(cc43)OCc3cc(-c4cnc([C@@H]6CC7CC7N6C(=O)[C@@H](NC(=O)OC)C(C)C)[nH]4)ccc3-5)[nH]2)N(C(=O)OC(C)(C)C)C1. The molecule has 5 heterocycles. The fourth-order valence-electron chi connectivity index (χ4n) is 9.22. The van der Waals surface area contributed by atoms with Gasteiger partial charge < -0.3 is 39.1 Å². The number of nitrogens with zero attached hydrogens (tertiary/aromatic N) is 4. The zero-order chi connectivity index (χ0) is 40.6. The van der Waals surface area contributed by atoms with Gasteiger partial charge in [0.05, 0.1) is 48.7 Å². The van der Waals surface area contributed by atoms with Crippen LogP contribution in [0.15, 0.2) is 48.7 Å². The smallest absolute Gasteiger partial charge is 0.410 e. The Labute approximate surface area is 337 Å². The van der Waals surface area contributed by atoms with E-state index in [4.69, 9.17) is 28.9 Å². The number of aromatic nitrogens is 4. The fourth-order valence-corrected chi connectivity index (χ4v) is 9.22. The quantitative estimate of drug-likeness (QED) is 0.143. The summed E-state index contributed by atoms with van der Waals surface area (Å²) in [6, 6.07) is 13.8. The van der Waals surface area contributed by atoms with Gasteiger partial charge in [-0.05, 0) is 98.2 Å². The molecule has 1 aliphatic carbocycles. The summed E-state index contributed by atoms with van der Waals surface area (Å²) in [5, 5.41) is 4.75. The molecule has 3 amide bonds. The van der Waals surface area contributed by atoms with Crippen LogP contribution in [0.25, 0.3) is 44.2 Å². The number of methoxy groups -OCH3 is 2. The summed E-state index contributed by atoms with van der Waals surface area (Å²) in [7, 11) is 2.99. The summed E-state index contributed by atoms with van der Waals surface area (Å²) in [6.07, 6.45) is 3.39. The summed E-state index contributed by atoms with van der Waals surface area (Å²) < 4.78 is 22.5. The molecule has 9 rings (SSSR count). The molecule has 58 heavy (non-hydrogen) atoms. The molecule has 2 unspecified atom stereocenters. The topological polar surface area (TPSA) is 164 Å². The average molecular weight is 790 g/mol. The van der Waals surface area contributed by atoms with E-state index in [0.29, 0.717) is 25.7 Å². The van der Waals surface area contributed by atoms with Crippen molar-refractivity contribution in [2.45, 2.75) is 90.3 Å². The van der Waals surface area contributed by atoms with Crippen molar-refractivity contribution in [3.8, 4) is 28.1 Å². The second-order valence-electron chi connectivity index (χ2n) is 17.6. The van der Waals surface area contributed by atoms with Crippen LogP contribution in [0.4, 0.5) is 9.59 Å². The summed E-state index contributed by atoms with van der Waals surface area (Å²) in [6.45, 7) is 11.0. The summed E-state index contributed by atoms with van der Waals surface area (Å²) >= 11 is 0. The first kappa shape index (κ1) is 37.9. The number of rotatable bonds is 8. The monoisotopic (exact) mass is 789 g/mol. The number of carbonyl (C=O) groups is 3. The zero-order valence-corrected chi connectivity index (χ0v) is 34.0. The highest BCUT2D eigenvalue weighted by atomic mass is 16.6. The molecule has 4 aliphatic rings. The van der Waals surface area contributed by atoms with Crippen molar-refractivity contribution < 1.29 is 33.3 Å². The standard InChI is InChI=1S/C44H51N7O7/c1-22(2)37(49-42(53)56-7)41(52)51-33-15-26(33)16-35(51)39-45-18-32(47-39)25-8-10-28-27(13-25)21-57-36-17-29-24(14-30(28)36)9-11-31-38(29)48-40(46-31)34-12-23(20-55-6)19-50(34)43(54)58-44(3,4)5/h8-11,13-14,17-18,22-23,26,33-35,37H,12,15-16,19-21H2,1-7H3,(H,45,47)(H,46,48)(H,49,53)/t23-,26?,33?,34-,35-,37-/m0/s1. The van der Waals surface area contributed by atoms with Crippen molar-refractivity contribution >= 4 is 39.9 Å². The van der Waals surface area contributed by atoms with E-state index in [1.54, 1.807) is 12.0 Å². The number of nitrogens with one attached hydrogen (secondary N) is 3. The van der Waals surface area contributed by atoms with E-state index in [-0.39, 0.29) is 42.0 Å². The lowest BCUT2D eigenvalue weighted by atomic mass is 9.92. The van der Waals surface area contributed by atoms with Crippen molar-refractivity contribution in [2.75, 3.05) is 27.4 Å². The van der Waals surface area contributed by atoms with Crippen LogP contribution in [0.5, 0.6) is 5.75 Å². The Morgan fingerprint density at radius 1 is 0.983 bits per heavy atom. The number of hydrogen-bond acceptors (Lipinski definition) is 9. The lowest BCUT2D eigenvalue weighted by molar-refractivity contribution is -0.136. The van der Waals surface area contributed by atoms with Crippen molar-refractivity contribution in [1.82, 2.24) is 35.1 Å². The molecule has 5 aromatic rings. The third-order valence-corrected chi connectivity index (χ3v) is 12.1. The normalized spacial score (nSPS) is 22.7. The van der Waals surface area contributed by atoms with E-state index >= 15 is 0 Å². The third-order valence-electron chi connectivity index (χ3n) is 12.1. The van der Waals surface area contributed by atoms with Gasteiger partial charge in [0.1, 0.15) is 35.6 Å². The average Bonchev–Trinajstić information content (AvgIpc) is 3.66. The molecule has 6 atom stereocenters. The van der Waals surface area contributed by atoms with Crippen molar-refractivity contribution in [3.63, 3.8) is 0 Å². The number of amides is 3. The minimum Gasteiger partial charge on any atom is -0.488 e. The van der Waals surface area contributed by atoms with Gasteiger partial charge >= 0.3 is 12.2 Å². The molecule has 3 N–H and O–H groups in total. The molecule has 0 bridgehead atoms. The van der Waals surface area contributed by atoms with Crippen molar-refractivity contribution in [1.29, 1.82) is 0 Å². The van der Waals surface area contributed by atoms with Gasteiger partial charge in [0.25, 0.3) is 0 Å². The van der Waals surface area contributed by atoms with Crippen molar-refractivity contribution in [3.05, 3.63) is 65.9 Å². The predicted octanol–water partition coefficient (Wildman–Crippen LogP) is 7.65. The number of imidazole rings is 2. The number of hydrogen-bond donors (Lipinski definition) is 3. The maximum Gasteiger partial charge on any atom is 0.410 e. The number of benzene rings is 3. The zero-order valence-electron chi connectivity index (χ0n) is 34.0. The van der Waals surface area contributed by atoms with Gasteiger partial charge in [-0.2, -0.15) is 0 Å². The Hall–Kier alpha value is -5.63. The van der Waals surface area contributed by atoms with Crippen LogP contribution in [0.3, 0.4) is 0 Å². The van der Waals surface area contributed by atoms with E-state index in [1.807, 2.05) is 51.8 Å². The second kappa shape index (κ2) is 14.3. The molecular formula is C44H51N7O7. The number of fused-ring (bicyclic) bond motifs is 7. The highest BCUT2D eigenvalue weighted by Crippen LogP contribution is 2.53. The number of piperidine rings is 1. The molecular weight excluding hydrogens is 739 g/mol. The van der Waals surface area contributed by atoms with E-state index < -0.39 is 17.7 Å². The summed E-state index contributed by atoms with van der Waals surface area (Å²) in [5.74, 6) is 2.66. The number of likely N-dealkylation sites (tertiary alicyclic amines) is 2. The van der Waals surface area contributed by atoms with Crippen LogP contribution < -0.4 is 10.1 Å². The van der Waals surface area contributed by atoms with E-state index in [2.05, 4.69) is 51.7 Å². The molecule has 14 nitrogen and oxygen atoms in total. The van der Waals surface area contributed by atoms with E-state index in [0.717, 1.165) is 86.4 Å². The fraction of sp³-hybridized carbons (Fsp3) is 0.477. The van der Waals surface area contributed by atoms with Crippen LogP contribution in [0, 0.1) is 17.8 Å². The number of alkyl carbamates (subject to hydrolysis) is 1. The van der Waals surface area contributed by atoms with Crippen LogP contribution in [0.1, 0.15) is 83.2 Å². The Balaban J connectivity index is 0.973. The minimum absolute atomic E-state index is 0.103. The van der Waals surface area contributed by atoms with Gasteiger partial charge in [0.2, 0.25) is 5.91 Å². The molecule has 3 fully saturated rings. The van der Waals surface area contributed by atoms with E-state index in [1.165, 1.54) is 7.11 Å². The highest BCUT2D eigenvalue weighted by Gasteiger charge is 2.56. The first-order valence-electron chi connectivity index (χ1n) is 20.2. The number of aromatic amines is 2.